The Morgan fingerprint density at radius 2 is 1.83 bits per heavy atom. The summed E-state index contributed by atoms with van der Waals surface area (Å²) in [5.41, 5.74) is 1.75. The number of nitrogens with one attached hydrogen (secondary N) is 1. The van der Waals surface area contributed by atoms with Gasteiger partial charge in [-0.15, -0.1) is 0 Å². The zero-order valence-corrected chi connectivity index (χ0v) is 11.5. The third kappa shape index (κ3) is 3.99. The van der Waals surface area contributed by atoms with Gasteiger partial charge in [-0.2, -0.15) is 0 Å². The number of hydrogen-bond donors (Lipinski definition) is 1. The van der Waals surface area contributed by atoms with Crippen molar-refractivity contribution in [3.05, 3.63) is 29.8 Å². The fourth-order valence-corrected chi connectivity index (χ4v) is 2.91. The van der Waals surface area contributed by atoms with Crippen LogP contribution in [-0.2, 0) is 16.6 Å². The predicted octanol–water partition coefficient (Wildman–Crippen LogP) is 2.04. The highest BCUT2D eigenvalue weighted by Gasteiger charge is 2.13. The van der Waals surface area contributed by atoms with E-state index in [9.17, 15) is 8.42 Å². The summed E-state index contributed by atoms with van der Waals surface area (Å²) in [6, 6.07) is 7.61. The molecule has 1 saturated heterocycles. The number of nitrogens with zero attached hydrogens (tertiary/aromatic N) is 1. The monoisotopic (exact) mass is 268 g/mol. The molecule has 1 aliphatic rings. The first-order valence-corrected chi connectivity index (χ1v) is 8.22. The highest BCUT2D eigenvalue weighted by Crippen LogP contribution is 2.20. The van der Waals surface area contributed by atoms with Crippen molar-refractivity contribution in [3.8, 4) is 0 Å². The van der Waals surface area contributed by atoms with Gasteiger partial charge >= 0.3 is 0 Å². The molecule has 0 aliphatic carbocycles. The van der Waals surface area contributed by atoms with Crippen molar-refractivity contribution in [2.75, 3.05) is 24.1 Å². The summed E-state index contributed by atoms with van der Waals surface area (Å²) in [5.74, 6) is 0. The fourth-order valence-electron chi connectivity index (χ4n) is 2.32. The molecule has 0 bridgehead atoms. The molecule has 2 rings (SSSR count). The summed E-state index contributed by atoms with van der Waals surface area (Å²) in [7, 11) is -3.21. The van der Waals surface area contributed by atoms with Crippen LogP contribution in [0.3, 0.4) is 0 Å². The van der Waals surface area contributed by atoms with E-state index in [0.29, 0.717) is 5.69 Å². The molecule has 0 aromatic heterocycles. The van der Waals surface area contributed by atoms with Gasteiger partial charge in [0.2, 0.25) is 10.0 Å². The highest BCUT2D eigenvalue weighted by atomic mass is 32.2. The summed E-state index contributed by atoms with van der Waals surface area (Å²) >= 11 is 0. The molecule has 1 aromatic carbocycles. The maximum absolute atomic E-state index is 11.3. The molecule has 1 aromatic rings. The molecule has 5 heteroatoms. The molecule has 0 atom stereocenters. The van der Waals surface area contributed by atoms with Crippen molar-refractivity contribution >= 4 is 15.7 Å². The van der Waals surface area contributed by atoms with E-state index in [1.54, 1.807) is 0 Å². The van der Waals surface area contributed by atoms with Gasteiger partial charge < -0.3 is 0 Å². The van der Waals surface area contributed by atoms with E-state index >= 15 is 0 Å². The number of anilines is 1. The average molecular weight is 268 g/mol. The SMILES string of the molecule is CS(=O)(=O)Nc1ccccc1CN1CCCCC1. The van der Waals surface area contributed by atoms with Crippen LogP contribution in [0.15, 0.2) is 24.3 Å². The van der Waals surface area contributed by atoms with Gasteiger partial charge in [-0.1, -0.05) is 24.6 Å². The van der Waals surface area contributed by atoms with Crippen molar-refractivity contribution in [2.45, 2.75) is 25.8 Å². The molecule has 1 aliphatic heterocycles. The maximum atomic E-state index is 11.3. The number of para-hydroxylation sites is 1. The molecule has 1 N–H and O–H groups in total. The lowest BCUT2D eigenvalue weighted by atomic mass is 10.1. The molecular formula is C13H20N2O2S. The van der Waals surface area contributed by atoms with E-state index in [4.69, 9.17) is 0 Å². The van der Waals surface area contributed by atoms with Gasteiger partial charge in [0.25, 0.3) is 0 Å². The molecule has 0 radical (unpaired) electrons. The minimum Gasteiger partial charge on any atom is -0.299 e. The van der Waals surface area contributed by atoms with Crippen LogP contribution in [0.4, 0.5) is 5.69 Å². The van der Waals surface area contributed by atoms with Crippen molar-refractivity contribution < 1.29 is 8.42 Å². The number of likely N-dealkylation sites (tertiary alicyclic amines) is 1. The van der Waals surface area contributed by atoms with Crippen molar-refractivity contribution in [1.29, 1.82) is 0 Å². The normalized spacial score (nSPS) is 17.6. The number of hydrogen-bond acceptors (Lipinski definition) is 3. The molecule has 18 heavy (non-hydrogen) atoms. The van der Waals surface area contributed by atoms with Gasteiger partial charge in [0.15, 0.2) is 0 Å². The lowest BCUT2D eigenvalue weighted by Gasteiger charge is -2.27. The van der Waals surface area contributed by atoms with Crippen LogP contribution in [0.1, 0.15) is 24.8 Å². The number of rotatable bonds is 4. The van der Waals surface area contributed by atoms with Crippen LogP contribution in [0.25, 0.3) is 0 Å². The van der Waals surface area contributed by atoms with Crippen LogP contribution in [0, 0.1) is 0 Å². The Bertz CT molecular complexity index is 493. The van der Waals surface area contributed by atoms with Gasteiger partial charge in [0.1, 0.15) is 0 Å². The van der Waals surface area contributed by atoms with Gasteiger partial charge in [-0.05, 0) is 37.6 Å². The smallest absolute Gasteiger partial charge is 0.229 e. The molecule has 0 spiro atoms. The largest absolute Gasteiger partial charge is 0.299 e. The average Bonchev–Trinajstić information content (AvgIpc) is 2.31. The number of benzene rings is 1. The van der Waals surface area contributed by atoms with Gasteiger partial charge in [-0.3, -0.25) is 9.62 Å². The molecule has 4 nitrogen and oxygen atoms in total. The van der Waals surface area contributed by atoms with Crippen LogP contribution in [0.2, 0.25) is 0 Å². The second-order valence-corrected chi connectivity index (χ2v) is 6.62. The number of piperidine rings is 1. The minimum absolute atomic E-state index is 0.700. The van der Waals surface area contributed by atoms with E-state index in [0.717, 1.165) is 25.2 Å². The molecule has 100 valence electrons. The van der Waals surface area contributed by atoms with E-state index < -0.39 is 10.0 Å². The summed E-state index contributed by atoms with van der Waals surface area (Å²) in [4.78, 5) is 2.38. The van der Waals surface area contributed by atoms with E-state index in [1.165, 1.54) is 25.5 Å². The first-order valence-electron chi connectivity index (χ1n) is 6.33. The number of sulfonamides is 1. The van der Waals surface area contributed by atoms with E-state index in [2.05, 4.69) is 9.62 Å². The fraction of sp³-hybridized carbons (Fsp3) is 0.538. The lowest BCUT2D eigenvalue weighted by molar-refractivity contribution is 0.221. The standard InChI is InChI=1S/C13H20N2O2S/c1-18(16,17)14-13-8-4-3-7-12(13)11-15-9-5-2-6-10-15/h3-4,7-8,14H,2,5-6,9-11H2,1H3. The van der Waals surface area contributed by atoms with Gasteiger partial charge in [0, 0.05) is 6.54 Å². The minimum atomic E-state index is -3.21. The molecule has 1 fully saturated rings. The molecule has 1 heterocycles. The summed E-state index contributed by atoms with van der Waals surface area (Å²) in [5, 5.41) is 0. The summed E-state index contributed by atoms with van der Waals surface area (Å²) in [6.45, 7) is 3.03. The Balaban J connectivity index is 2.11. The van der Waals surface area contributed by atoms with Crippen LogP contribution < -0.4 is 4.72 Å². The Morgan fingerprint density at radius 1 is 1.17 bits per heavy atom. The van der Waals surface area contributed by atoms with E-state index in [1.807, 2.05) is 24.3 Å². The predicted molar refractivity (Wildman–Crippen MR) is 74.0 cm³/mol. The third-order valence-corrected chi connectivity index (χ3v) is 3.75. The zero-order valence-electron chi connectivity index (χ0n) is 10.7. The second-order valence-electron chi connectivity index (χ2n) is 4.87. The van der Waals surface area contributed by atoms with Gasteiger partial charge in [0.05, 0.1) is 11.9 Å². The Hall–Kier alpha value is -1.07. The topological polar surface area (TPSA) is 49.4 Å². The van der Waals surface area contributed by atoms with Crippen LogP contribution in [-0.4, -0.2) is 32.7 Å². The van der Waals surface area contributed by atoms with E-state index in [-0.39, 0.29) is 0 Å². The van der Waals surface area contributed by atoms with Crippen molar-refractivity contribution in [2.24, 2.45) is 0 Å². The Morgan fingerprint density at radius 3 is 2.50 bits per heavy atom. The van der Waals surface area contributed by atoms with Crippen LogP contribution in [0.5, 0.6) is 0 Å². The van der Waals surface area contributed by atoms with Gasteiger partial charge in [-0.25, -0.2) is 8.42 Å². The molecular weight excluding hydrogens is 248 g/mol. The summed E-state index contributed by atoms with van der Waals surface area (Å²) < 4.78 is 25.2. The molecule has 0 unspecified atom stereocenters. The Kier molecular flexibility index (Phi) is 4.24. The summed E-state index contributed by atoms with van der Waals surface area (Å²) in [6.07, 6.45) is 4.97. The Labute approximate surface area is 109 Å². The highest BCUT2D eigenvalue weighted by molar-refractivity contribution is 7.92. The quantitative estimate of drug-likeness (QED) is 0.909. The van der Waals surface area contributed by atoms with Crippen molar-refractivity contribution in [3.63, 3.8) is 0 Å². The van der Waals surface area contributed by atoms with Crippen molar-refractivity contribution in [1.82, 2.24) is 4.90 Å². The first-order chi connectivity index (χ1) is 8.54. The third-order valence-electron chi connectivity index (χ3n) is 3.16. The molecule has 0 saturated carbocycles. The lowest BCUT2D eigenvalue weighted by Crippen LogP contribution is -2.29. The molecule has 0 amide bonds. The van der Waals surface area contributed by atoms with Crippen LogP contribution >= 0.6 is 0 Å². The second kappa shape index (κ2) is 5.71. The first kappa shape index (κ1) is 13.4. The maximum Gasteiger partial charge on any atom is 0.229 e. The zero-order chi connectivity index (χ0) is 13.0.